The van der Waals surface area contributed by atoms with Crippen molar-refractivity contribution in [3.8, 4) is 0 Å². The van der Waals surface area contributed by atoms with Gasteiger partial charge in [-0.05, 0) is 18.1 Å². The van der Waals surface area contributed by atoms with Crippen LogP contribution in [-0.2, 0) is 6.18 Å². The van der Waals surface area contributed by atoms with Crippen molar-refractivity contribution in [1.82, 2.24) is 0 Å². The predicted octanol–water partition coefficient (Wildman–Crippen LogP) is 5.17. The van der Waals surface area contributed by atoms with Crippen molar-refractivity contribution in [2.24, 2.45) is 5.92 Å². The first kappa shape index (κ1) is 14.0. The number of allylic oxidation sites excluding steroid dienone is 1. The summed E-state index contributed by atoms with van der Waals surface area (Å²) < 4.78 is 50.9. The first-order chi connectivity index (χ1) is 7.71. The second kappa shape index (κ2) is 5.08. The standard InChI is InChI=1S/C12H11ClF4/c1-7(2)3-4-8-5-9(12(15,16)17)6-10(13)11(8)14/h3-7H,1-2H3. The van der Waals surface area contributed by atoms with E-state index in [4.69, 9.17) is 11.6 Å². The lowest BCUT2D eigenvalue weighted by molar-refractivity contribution is -0.137. The molecule has 1 aromatic carbocycles. The molecule has 0 atom stereocenters. The molecule has 94 valence electrons. The van der Waals surface area contributed by atoms with Crippen molar-refractivity contribution >= 4 is 17.7 Å². The molecule has 0 aliphatic heterocycles. The average Bonchev–Trinajstić information content (AvgIpc) is 2.18. The summed E-state index contributed by atoms with van der Waals surface area (Å²) >= 11 is 5.43. The fourth-order valence-corrected chi connectivity index (χ4v) is 1.42. The molecule has 0 aliphatic rings. The highest BCUT2D eigenvalue weighted by atomic mass is 35.5. The molecule has 0 N–H and O–H groups in total. The van der Waals surface area contributed by atoms with E-state index in [-0.39, 0.29) is 11.5 Å². The van der Waals surface area contributed by atoms with Crippen LogP contribution in [0, 0.1) is 11.7 Å². The highest BCUT2D eigenvalue weighted by Gasteiger charge is 2.31. The second-order valence-corrected chi connectivity index (χ2v) is 4.37. The van der Waals surface area contributed by atoms with Gasteiger partial charge < -0.3 is 0 Å². The molecule has 5 heteroatoms. The van der Waals surface area contributed by atoms with E-state index in [0.29, 0.717) is 6.07 Å². The molecule has 0 fully saturated rings. The minimum atomic E-state index is -4.53. The van der Waals surface area contributed by atoms with E-state index in [1.165, 1.54) is 6.08 Å². The van der Waals surface area contributed by atoms with Crippen LogP contribution in [0.25, 0.3) is 6.08 Å². The Bertz CT molecular complexity index is 433. The third-order valence-electron chi connectivity index (χ3n) is 2.04. The Morgan fingerprint density at radius 3 is 2.29 bits per heavy atom. The topological polar surface area (TPSA) is 0 Å². The molecule has 0 nitrogen and oxygen atoms in total. The molecule has 0 unspecified atom stereocenters. The van der Waals surface area contributed by atoms with E-state index < -0.39 is 22.6 Å². The van der Waals surface area contributed by atoms with E-state index in [9.17, 15) is 17.6 Å². The molecule has 0 amide bonds. The largest absolute Gasteiger partial charge is 0.416 e. The van der Waals surface area contributed by atoms with E-state index in [2.05, 4.69) is 0 Å². The van der Waals surface area contributed by atoms with E-state index in [1.54, 1.807) is 6.08 Å². The molecular weight excluding hydrogens is 256 g/mol. The van der Waals surface area contributed by atoms with E-state index in [0.717, 1.165) is 6.07 Å². The second-order valence-electron chi connectivity index (χ2n) is 3.96. The van der Waals surface area contributed by atoms with Crippen molar-refractivity contribution < 1.29 is 17.6 Å². The van der Waals surface area contributed by atoms with Gasteiger partial charge in [-0.2, -0.15) is 13.2 Å². The Kier molecular flexibility index (Phi) is 4.20. The molecule has 0 aromatic heterocycles. The maximum atomic E-state index is 13.5. The van der Waals surface area contributed by atoms with Crippen LogP contribution < -0.4 is 0 Å². The molecule has 0 radical (unpaired) electrons. The molecule has 0 bridgehead atoms. The first-order valence-electron chi connectivity index (χ1n) is 4.96. The smallest absolute Gasteiger partial charge is 0.205 e. The van der Waals surface area contributed by atoms with Gasteiger partial charge in [0.15, 0.2) is 0 Å². The highest BCUT2D eigenvalue weighted by molar-refractivity contribution is 6.31. The molecule has 1 aromatic rings. The predicted molar refractivity (Wildman–Crippen MR) is 60.3 cm³/mol. The first-order valence-corrected chi connectivity index (χ1v) is 5.34. The van der Waals surface area contributed by atoms with E-state index in [1.807, 2.05) is 13.8 Å². The highest BCUT2D eigenvalue weighted by Crippen LogP contribution is 2.33. The Balaban J connectivity index is 3.26. The third-order valence-corrected chi connectivity index (χ3v) is 2.32. The Morgan fingerprint density at radius 2 is 1.82 bits per heavy atom. The summed E-state index contributed by atoms with van der Waals surface area (Å²) in [4.78, 5) is 0. The van der Waals surface area contributed by atoms with Crippen LogP contribution in [-0.4, -0.2) is 0 Å². The van der Waals surface area contributed by atoms with Crippen LogP contribution in [0.2, 0.25) is 5.02 Å². The van der Waals surface area contributed by atoms with Gasteiger partial charge in [0.05, 0.1) is 10.6 Å². The Morgan fingerprint density at radius 1 is 1.24 bits per heavy atom. The summed E-state index contributed by atoms with van der Waals surface area (Å²) in [6.45, 7) is 3.67. The molecule has 0 spiro atoms. The van der Waals surface area contributed by atoms with Crippen LogP contribution in [0.3, 0.4) is 0 Å². The van der Waals surface area contributed by atoms with Crippen molar-refractivity contribution in [2.75, 3.05) is 0 Å². The lowest BCUT2D eigenvalue weighted by Crippen LogP contribution is -2.06. The van der Waals surface area contributed by atoms with Crippen LogP contribution in [0.15, 0.2) is 18.2 Å². The summed E-state index contributed by atoms with van der Waals surface area (Å²) in [5, 5.41) is -0.525. The summed E-state index contributed by atoms with van der Waals surface area (Å²) in [5.41, 5.74) is -1.11. The maximum absolute atomic E-state index is 13.5. The maximum Gasteiger partial charge on any atom is 0.416 e. The molecule has 0 saturated heterocycles. The number of hydrogen-bond acceptors (Lipinski definition) is 0. The zero-order valence-corrected chi connectivity index (χ0v) is 10.0. The Labute approximate surface area is 102 Å². The van der Waals surface area contributed by atoms with Gasteiger partial charge >= 0.3 is 6.18 Å². The normalized spacial score (nSPS) is 12.7. The molecule has 0 aliphatic carbocycles. The summed E-state index contributed by atoms with van der Waals surface area (Å²) in [6, 6.07) is 1.34. The van der Waals surface area contributed by atoms with Gasteiger partial charge in [-0.15, -0.1) is 0 Å². The fourth-order valence-electron chi connectivity index (χ4n) is 1.19. The summed E-state index contributed by atoms with van der Waals surface area (Å²) in [7, 11) is 0. The van der Waals surface area contributed by atoms with Gasteiger partial charge in [0.1, 0.15) is 5.82 Å². The number of alkyl halides is 3. The van der Waals surface area contributed by atoms with E-state index >= 15 is 0 Å². The summed E-state index contributed by atoms with van der Waals surface area (Å²) in [6.07, 6.45) is -1.62. The number of rotatable bonds is 2. The van der Waals surface area contributed by atoms with Gasteiger partial charge in [0.25, 0.3) is 0 Å². The number of benzene rings is 1. The van der Waals surface area contributed by atoms with Gasteiger partial charge in [-0.3, -0.25) is 0 Å². The minimum absolute atomic E-state index is 0.114. The van der Waals surface area contributed by atoms with Crippen LogP contribution in [0.4, 0.5) is 17.6 Å². The monoisotopic (exact) mass is 266 g/mol. The van der Waals surface area contributed by atoms with Crippen LogP contribution in [0.1, 0.15) is 25.0 Å². The van der Waals surface area contributed by atoms with Gasteiger partial charge in [-0.25, -0.2) is 4.39 Å². The van der Waals surface area contributed by atoms with Crippen molar-refractivity contribution in [2.45, 2.75) is 20.0 Å². The SMILES string of the molecule is CC(C)C=Cc1cc(C(F)(F)F)cc(Cl)c1F. The van der Waals surface area contributed by atoms with Crippen LogP contribution >= 0.6 is 11.6 Å². The van der Waals surface area contributed by atoms with Gasteiger partial charge in [0.2, 0.25) is 0 Å². The van der Waals surface area contributed by atoms with Crippen molar-refractivity contribution in [3.63, 3.8) is 0 Å². The summed E-state index contributed by atoms with van der Waals surface area (Å²) in [5.74, 6) is -0.723. The minimum Gasteiger partial charge on any atom is -0.205 e. The number of hydrogen-bond donors (Lipinski definition) is 0. The lowest BCUT2D eigenvalue weighted by atomic mass is 10.1. The van der Waals surface area contributed by atoms with Crippen molar-refractivity contribution in [3.05, 3.63) is 40.2 Å². The average molecular weight is 267 g/mol. The lowest BCUT2D eigenvalue weighted by Gasteiger charge is -2.09. The van der Waals surface area contributed by atoms with Gasteiger partial charge in [0, 0.05) is 5.56 Å². The quantitative estimate of drug-likeness (QED) is 0.648. The molecule has 17 heavy (non-hydrogen) atoms. The Hall–Kier alpha value is -1.03. The van der Waals surface area contributed by atoms with Crippen LogP contribution in [0.5, 0.6) is 0 Å². The molecule has 0 saturated carbocycles. The third kappa shape index (κ3) is 3.73. The fraction of sp³-hybridized carbons (Fsp3) is 0.333. The zero-order valence-electron chi connectivity index (χ0n) is 9.28. The molecule has 0 heterocycles. The van der Waals surface area contributed by atoms with Crippen molar-refractivity contribution in [1.29, 1.82) is 0 Å². The van der Waals surface area contributed by atoms with Gasteiger partial charge in [-0.1, -0.05) is 37.6 Å². The zero-order chi connectivity index (χ0) is 13.2. The molecule has 1 rings (SSSR count). The molecular formula is C12H11ClF4. The number of halogens is 5.